The molecule has 0 spiro atoms. The molecule has 0 fully saturated rings. The number of aliphatic hydroxyl groups is 1. The number of hydrogen-bond acceptors (Lipinski definition) is 7. The predicted molar refractivity (Wildman–Crippen MR) is 114 cm³/mol. The summed E-state index contributed by atoms with van der Waals surface area (Å²) in [6.07, 6.45) is 0.628. The van der Waals surface area contributed by atoms with E-state index in [4.69, 9.17) is 9.15 Å². The lowest BCUT2D eigenvalue weighted by Crippen LogP contribution is -2.41. The summed E-state index contributed by atoms with van der Waals surface area (Å²) >= 11 is 0. The zero-order valence-electron chi connectivity index (χ0n) is 18.6. The van der Waals surface area contributed by atoms with Gasteiger partial charge in [0.2, 0.25) is 11.7 Å². The highest BCUT2D eigenvalue weighted by molar-refractivity contribution is 5.93. The lowest BCUT2D eigenvalue weighted by atomic mass is 9.99. The number of nitrogens with one attached hydrogen (secondary N) is 1. The second-order valence-electron chi connectivity index (χ2n) is 8.49. The fraction of sp³-hybridized carbons (Fsp3) is 0.364. The van der Waals surface area contributed by atoms with Crippen molar-refractivity contribution < 1.29 is 27.8 Å². The summed E-state index contributed by atoms with van der Waals surface area (Å²) in [4.78, 5) is 26.2. The molecule has 2 N–H and O–H groups in total. The zero-order chi connectivity index (χ0) is 24.2. The van der Waals surface area contributed by atoms with Gasteiger partial charge in [0.1, 0.15) is 22.9 Å². The van der Waals surface area contributed by atoms with E-state index in [9.17, 15) is 18.7 Å². The monoisotopic (exact) mass is 472 g/mol. The Morgan fingerprint density at radius 2 is 2.21 bits per heavy atom. The van der Waals surface area contributed by atoms with Gasteiger partial charge >= 0.3 is 0 Å². The van der Waals surface area contributed by atoms with Crippen LogP contribution in [0, 0.1) is 0 Å². The first-order chi connectivity index (χ1) is 16.2. The molecule has 12 heteroatoms. The maximum atomic E-state index is 13.8. The predicted octanol–water partition coefficient (Wildman–Crippen LogP) is 3.01. The van der Waals surface area contributed by atoms with Crippen molar-refractivity contribution >= 4 is 11.4 Å². The number of nitrogens with zero attached hydrogens (tertiary/aromatic N) is 5. The highest BCUT2D eigenvalue weighted by atomic mass is 19.3. The lowest BCUT2D eigenvalue weighted by molar-refractivity contribution is 0.0440. The van der Waals surface area contributed by atoms with Crippen LogP contribution in [-0.2, 0) is 12.0 Å². The molecule has 0 aliphatic carbocycles. The Morgan fingerprint density at radius 1 is 1.41 bits per heavy atom. The third-order valence-electron chi connectivity index (χ3n) is 5.75. The normalized spacial score (nSPS) is 16.3. The molecule has 5 rings (SSSR count). The van der Waals surface area contributed by atoms with E-state index in [0.29, 0.717) is 29.1 Å². The quantitative estimate of drug-likeness (QED) is 0.458. The molecule has 178 valence electrons. The van der Waals surface area contributed by atoms with Gasteiger partial charge in [-0.05, 0) is 32.0 Å². The number of fused-ring (bicyclic) bond motifs is 2. The van der Waals surface area contributed by atoms with Crippen molar-refractivity contribution in [2.75, 3.05) is 13.7 Å². The smallest absolute Gasteiger partial charge is 0.292 e. The van der Waals surface area contributed by atoms with E-state index in [1.54, 1.807) is 36.0 Å². The van der Waals surface area contributed by atoms with Crippen LogP contribution in [-0.4, -0.2) is 54.1 Å². The number of carbonyl (C=O) groups excluding carboxylic acids is 1. The van der Waals surface area contributed by atoms with Crippen LogP contribution in [0.2, 0.25) is 0 Å². The Hall–Kier alpha value is -3.80. The maximum absolute atomic E-state index is 13.8. The van der Waals surface area contributed by atoms with Crippen LogP contribution in [0.25, 0.3) is 5.52 Å². The van der Waals surface area contributed by atoms with Gasteiger partial charge in [0, 0.05) is 24.9 Å². The Morgan fingerprint density at radius 3 is 2.91 bits per heavy atom. The minimum atomic E-state index is -3.07. The molecule has 4 aromatic rings. The van der Waals surface area contributed by atoms with Gasteiger partial charge in [0.05, 0.1) is 24.8 Å². The third-order valence-corrected chi connectivity index (χ3v) is 5.75. The number of rotatable bonds is 5. The van der Waals surface area contributed by atoms with E-state index in [-0.39, 0.29) is 12.4 Å². The number of carbonyl (C=O) groups is 1. The number of methoxy groups -OCH3 is 1. The van der Waals surface area contributed by atoms with Crippen molar-refractivity contribution in [2.45, 2.75) is 38.3 Å². The standard InChI is InChI=1S/C22H22F2N6O4/c1-22(2,32)21-27-16(19(23)24)18(34-21)20(31)29-8-6-11-15(26-10-25-11)17(29)12-9-13-14(33-3)5-4-7-30(13)28-12/h4-5,7,9-10,17,19,32H,6,8H2,1-3H3,(H,25,26). The summed E-state index contributed by atoms with van der Waals surface area (Å²) in [7, 11) is 1.54. The van der Waals surface area contributed by atoms with Crippen molar-refractivity contribution in [1.82, 2.24) is 29.5 Å². The van der Waals surface area contributed by atoms with E-state index < -0.39 is 35.4 Å². The summed E-state index contributed by atoms with van der Waals surface area (Å²) in [6.45, 7) is 2.88. The number of aromatic nitrogens is 5. The van der Waals surface area contributed by atoms with Crippen LogP contribution in [0.4, 0.5) is 8.78 Å². The molecule has 0 saturated carbocycles. The summed E-state index contributed by atoms with van der Waals surface area (Å²) in [5, 5.41) is 14.8. The average molecular weight is 472 g/mol. The van der Waals surface area contributed by atoms with Crippen molar-refractivity contribution in [2.24, 2.45) is 0 Å². The van der Waals surface area contributed by atoms with Crippen molar-refractivity contribution in [3.05, 3.63) is 65.1 Å². The number of H-pyrrole nitrogens is 1. The summed E-state index contributed by atoms with van der Waals surface area (Å²) in [5.74, 6) is -1.18. The molecule has 34 heavy (non-hydrogen) atoms. The first-order valence-electron chi connectivity index (χ1n) is 10.6. The van der Waals surface area contributed by atoms with Crippen LogP contribution in [0.15, 0.2) is 35.1 Å². The number of halogens is 2. The molecule has 5 heterocycles. The van der Waals surface area contributed by atoms with Crippen LogP contribution in [0.1, 0.15) is 65.5 Å². The fourth-order valence-corrected chi connectivity index (χ4v) is 4.13. The molecule has 10 nitrogen and oxygen atoms in total. The largest absolute Gasteiger partial charge is 0.494 e. The fourth-order valence-electron chi connectivity index (χ4n) is 4.13. The van der Waals surface area contributed by atoms with Gasteiger partial charge in [-0.15, -0.1) is 0 Å². The molecule has 1 amide bonds. The Kier molecular flexibility index (Phi) is 5.12. The zero-order valence-corrected chi connectivity index (χ0v) is 18.6. The lowest BCUT2D eigenvalue weighted by Gasteiger charge is -2.33. The molecule has 1 aliphatic heterocycles. The molecular formula is C22H22F2N6O4. The van der Waals surface area contributed by atoms with Crippen LogP contribution in [0.3, 0.4) is 0 Å². The van der Waals surface area contributed by atoms with Gasteiger partial charge in [-0.1, -0.05) is 0 Å². The Balaban J connectivity index is 1.63. The van der Waals surface area contributed by atoms with Crippen molar-refractivity contribution in [1.29, 1.82) is 0 Å². The van der Waals surface area contributed by atoms with E-state index in [1.165, 1.54) is 25.1 Å². The second kappa shape index (κ2) is 7.90. The molecular weight excluding hydrogens is 450 g/mol. The topological polar surface area (TPSA) is 122 Å². The number of imidazole rings is 1. The number of pyridine rings is 1. The van der Waals surface area contributed by atoms with Crippen LogP contribution in [0.5, 0.6) is 5.75 Å². The summed E-state index contributed by atoms with van der Waals surface area (Å²) < 4.78 is 40.0. The van der Waals surface area contributed by atoms with Gasteiger partial charge in [-0.3, -0.25) is 4.79 Å². The summed E-state index contributed by atoms with van der Waals surface area (Å²) in [6, 6.07) is 4.55. The number of hydrogen-bond donors (Lipinski definition) is 2. The highest BCUT2D eigenvalue weighted by Crippen LogP contribution is 2.37. The first-order valence-corrected chi connectivity index (χ1v) is 10.6. The number of aromatic amines is 1. The molecule has 1 unspecified atom stereocenters. The Bertz CT molecular complexity index is 1370. The van der Waals surface area contributed by atoms with Gasteiger partial charge in [-0.2, -0.15) is 5.10 Å². The SMILES string of the molecule is COc1cccn2nc(C3c4nc[nH]c4CCN3C(=O)c3oc(C(C)(C)O)nc3C(F)F)cc12. The van der Waals surface area contributed by atoms with E-state index in [0.717, 1.165) is 5.69 Å². The van der Waals surface area contributed by atoms with Gasteiger partial charge in [-0.25, -0.2) is 23.3 Å². The molecule has 0 aromatic carbocycles. The third kappa shape index (κ3) is 3.50. The van der Waals surface area contributed by atoms with Gasteiger partial charge in [0.15, 0.2) is 5.69 Å². The van der Waals surface area contributed by atoms with Crippen LogP contribution >= 0.6 is 0 Å². The minimum Gasteiger partial charge on any atom is -0.494 e. The minimum absolute atomic E-state index is 0.199. The first kappa shape index (κ1) is 22.0. The van der Waals surface area contributed by atoms with Crippen molar-refractivity contribution in [3.63, 3.8) is 0 Å². The molecule has 0 radical (unpaired) electrons. The van der Waals surface area contributed by atoms with Gasteiger partial charge < -0.3 is 24.1 Å². The van der Waals surface area contributed by atoms with Crippen LogP contribution < -0.4 is 4.74 Å². The second-order valence-corrected chi connectivity index (χ2v) is 8.49. The highest BCUT2D eigenvalue weighted by Gasteiger charge is 2.40. The molecule has 4 aromatic heterocycles. The molecule has 0 saturated heterocycles. The van der Waals surface area contributed by atoms with E-state index in [2.05, 4.69) is 20.1 Å². The number of alkyl halides is 2. The van der Waals surface area contributed by atoms with Gasteiger partial charge in [0.25, 0.3) is 12.3 Å². The molecule has 0 bridgehead atoms. The van der Waals surface area contributed by atoms with E-state index in [1.807, 2.05) is 0 Å². The summed E-state index contributed by atoms with van der Waals surface area (Å²) in [5.41, 5.74) is 0.0749. The van der Waals surface area contributed by atoms with E-state index >= 15 is 0 Å². The van der Waals surface area contributed by atoms with Crippen molar-refractivity contribution in [3.8, 4) is 5.75 Å². The molecule has 1 atom stereocenters. The number of amides is 1. The Labute approximate surface area is 192 Å². The average Bonchev–Trinajstić information content (AvgIpc) is 3.54. The molecule has 1 aliphatic rings. The number of oxazole rings is 1. The number of ether oxygens (including phenoxy) is 1. The maximum Gasteiger partial charge on any atom is 0.292 e.